The Hall–Kier alpha value is -2.55. The van der Waals surface area contributed by atoms with Gasteiger partial charge in [0.2, 0.25) is 5.91 Å². The molecule has 0 aliphatic carbocycles. The highest BCUT2D eigenvalue weighted by molar-refractivity contribution is 5.91. The molecule has 0 bridgehead atoms. The number of hydrogen-bond donors (Lipinski definition) is 1. The van der Waals surface area contributed by atoms with E-state index in [1.165, 1.54) is 16.7 Å². The molecule has 1 amide bonds. The SMILES string of the molecule is Cc1ccc(/C=C/C(=O)NCCOc2cc(C)cc(C)c2)cc1. The first kappa shape index (κ1) is 16.8. The summed E-state index contributed by atoms with van der Waals surface area (Å²) in [6.07, 6.45) is 3.35. The van der Waals surface area contributed by atoms with Crippen molar-refractivity contribution in [2.75, 3.05) is 13.2 Å². The van der Waals surface area contributed by atoms with Crippen LogP contribution in [0.25, 0.3) is 6.08 Å². The van der Waals surface area contributed by atoms with Crippen LogP contribution in [-0.4, -0.2) is 19.1 Å². The van der Waals surface area contributed by atoms with E-state index in [4.69, 9.17) is 4.74 Å². The second kappa shape index (κ2) is 8.18. The lowest BCUT2D eigenvalue weighted by molar-refractivity contribution is -0.116. The van der Waals surface area contributed by atoms with Gasteiger partial charge < -0.3 is 10.1 Å². The Labute approximate surface area is 138 Å². The van der Waals surface area contributed by atoms with Gasteiger partial charge in [0.1, 0.15) is 12.4 Å². The smallest absolute Gasteiger partial charge is 0.244 e. The van der Waals surface area contributed by atoms with Crippen molar-refractivity contribution in [1.29, 1.82) is 0 Å². The molecule has 2 rings (SSSR count). The standard InChI is InChI=1S/C20H23NO2/c1-15-4-6-18(7-5-15)8-9-20(22)21-10-11-23-19-13-16(2)12-17(3)14-19/h4-9,12-14H,10-11H2,1-3H3,(H,21,22)/b9-8+. The third-order valence-corrected chi connectivity index (χ3v) is 3.37. The van der Waals surface area contributed by atoms with Crippen LogP contribution in [-0.2, 0) is 4.79 Å². The maximum atomic E-state index is 11.7. The minimum absolute atomic E-state index is 0.116. The molecule has 0 aliphatic heterocycles. The molecule has 0 aromatic heterocycles. The zero-order valence-corrected chi connectivity index (χ0v) is 13.9. The minimum atomic E-state index is -0.116. The lowest BCUT2D eigenvalue weighted by atomic mass is 10.1. The van der Waals surface area contributed by atoms with Gasteiger partial charge >= 0.3 is 0 Å². The summed E-state index contributed by atoms with van der Waals surface area (Å²) in [7, 11) is 0. The van der Waals surface area contributed by atoms with E-state index in [2.05, 4.69) is 11.4 Å². The Kier molecular flexibility index (Phi) is 5.98. The zero-order valence-electron chi connectivity index (χ0n) is 13.9. The number of hydrogen-bond acceptors (Lipinski definition) is 2. The van der Waals surface area contributed by atoms with E-state index >= 15 is 0 Å². The molecule has 0 atom stereocenters. The fourth-order valence-corrected chi connectivity index (χ4v) is 2.27. The molecule has 0 saturated heterocycles. The third-order valence-electron chi connectivity index (χ3n) is 3.37. The van der Waals surface area contributed by atoms with Gasteiger partial charge in [0.15, 0.2) is 0 Å². The van der Waals surface area contributed by atoms with Gasteiger partial charge in [0.25, 0.3) is 0 Å². The normalized spacial score (nSPS) is 10.7. The average Bonchev–Trinajstić information content (AvgIpc) is 2.50. The van der Waals surface area contributed by atoms with Crippen LogP contribution in [0, 0.1) is 20.8 Å². The highest BCUT2D eigenvalue weighted by atomic mass is 16.5. The number of ether oxygens (including phenoxy) is 1. The lowest BCUT2D eigenvalue weighted by Crippen LogP contribution is -2.26. The van der Waals surface area contributed by atoms with Gasteiger partial charge in [-0.05, 0) is 55.7 Å². The number of benzene rings is 2. The highest BCUT2D eigenvalue weighted by Crippen LogP contribution is 2.15. The fourth-order valence-electron chi connectivity index (χ4n) is 2.27. The molecule has 1 N–H and O–H groups in total. The third kappa shape index (κ3) is 5.99. The number of rotatable bonds is 6. The van der Waals surface area contributed by atoms with Gasteiger partial charge in [-0.1, -0.05) is 35.9 Å². The summed E-state index contributed by atoms with van der Waals surface area (Å²) in [5.74, 6) is 0.724. The van der Waals surface area contributed by atoms with Gasteiger partial charge in [0.05, 0.1) is 6.54 Å². The Balaban J connectivity index is 1.73. The second-order valence-corrected chi connectivity index (χ2v) is 5.71. The zero-order chi connectivity index (χ0) is 16.7. The average molecular weight is 309 g/mol. The number of amides is 1. The molecule has 3 nitrogen and oxygen atoms in total. The fraction of sp³-hybridized carbons (Fsp3) is 0.250. The Morgan fingerprint density at radius 1 is 1.00 bits per heavy atom. The van der Waals surface area contributed by atoms with Crippen LogP contribution in [0.4, 0.5) is 0 Å². The first-order chi connectivity index (χ1) is 11.0. The van der Waals surface area contributed by atoms with E-state index in [0.29, 0.717) is 13.2 Å². The number of aryl methyl sites for hydroxylation is 3. The maximum absolute atomic E-state index is 11.7. The summed E-state index contributed by atoms with van der Waals surface area (Å²) in [6, 6.07) is 14.1. The lowest BCUT2D eigenvalue weighted by Gasteiger charge is -2.08. The van der Waals surface area contributed by atoms with Crippen LogP contribution in [0.5, 0.6) is 5.75 Å². The van der Waals surface area contributed by atoms with Crippen LogP contribution in [0.2, 0.25) is 0 Å². The molecule has 2 aromatic rings. The largest absolute Gasteiger partial charge is 0.492 e. The van der Waals surface area contributed by atoms with E-state index in [1.54, 1.807) is 12.2 Å². The molecule has 23 heavy (non-hydrogen) atoms. The van der Waals surface area contributed by atoms with Crippen LogP contribution in [0.15, 0.2) is 48.5 Å². The predicted octanol–water partition coefficient (Wildman–Crippen LogP) is 3.82. The summed E-state index contributed by atoms with van der Waals surface area (Å²) in [5.41, 5.74) is 4.56. The monoisotopic (exact) mass is 309 g/mol. The van der Waals surface area contributed by atoms with E-state index in [-0.39, 0.29) is 5.91 Å². The molecule has 0 fully saturated rings. The molecule has 120 valence electrons. The molecular weight excluding hydrogens is 286 g/mol. The second-order valence-electron chi connectivity index (χ2n) is 5.71. The van der Waals surface area contributed by atoms with Crippen molar-refractivity contribution in [2.45, 2.75) is 20.8 Å². The van der Waals surface area contributed by atoms with Gasteiger partial charge in [-0.2, -0.15) is 0 Å². The van der Waals surface area contributed by atoms with E-state index in [9.17, 15) is 4.79 Å². The molecule has 0 saturated carbocycles. The summed E-state index contributed by atoms with van der Waals surface area (Å²) >= 11 is 0. The molecule has 0 aliphatic rings. The maximum Gasteiger partial charge on any atom is 0.244 e. The van der Waals surface area contributed by atoms with Gasteiger partial charge in [0, 0.05) is 6.08 Å². The summed E-state index contributed by atoms with van der Waals surface area (Å²) < 4.78 is 5.66. The Bertz CT molecular complexity index is 667. The predicted molar refractivity (Wildman–Crippen MR) is 94.6 cm³/mol. The topological polar surface area (TPSA) is 38.3 Å². The first-order valence-corrected chi connectivity index (χ1v) is 7.76. The van der Waals surface area contributed by atoms with Crippen LogP contribution in [0.3, 0.4) is 0 Å². The molecule has 0 spiro atoms. The number of carbonyl (C=O) groups excluding carboxylic acids is 1. The van der Waals surface area contributed by atoms with Crippen molar-refractivity contribution in [3.05, 3.63) is 70.8 Å². The summed E-state index contributed by atoms with van der Waals surface area (Å²) in [4.78, 5) is 11.7. The van der Waals surface area contributed by atoms with Crippen molar-refractivity contribution in [2.24, 2.45) is 0 Å². The number of carbonyl (C=O) groups is 1. The van der Waals surface area contributed by atoms with Crippen molar-refractivity contribution in [3.63, 3.8) is 0 Å². The van der Waals surface area contributed by atoms with E-state index in [1.807, 2.05) is 57.2 Å². The van der Waals surface area contributed by atoms with Crippen molar-refractivity contribution in [3.8, 4) is 5.75 Å². The highest BCUT2D eigenvalue weighted by Gasteiger charge is 1.98. The first-order valence-electron chi connectivity index (χ1n) is 7.76. The Morgan fingerprint density at radius 3 is 2.30 bits per heavy atom. The summed E-state index contributed by atoms with van der Waals surface area (Å²) in [6.45, 7) is 7.04. The van der Waals surface area contributed by atoms with E-state index < -0.39 is 0 Å². The quantitative estimate of drug-likeness (QED) is 0.651. The molecule has 0 heterocycles. The van der Waals surface area contributed by atoms with Crippen LogP contribution >= 0.6 is 0 Å². The minimum Gasteiger partial charge on any atom is -0.492 e. The summed E-state index contributed by atoms with van der Waals surface area (Å²) in [5, 5.41) is 2.81. The molecule has 2 aromatic carbocycles. The van der Waals surface area contributed by atoms with Crippen molar-refractivity contribution >= 4 is 12.0 Å². The molecule has 0 radical (unpaired) electrons. The van der Waals surface area contributed by atoms with Gasteiger partial charge in [-0.25, -0.2) is 0 Å². The van der Waals surface area contributed by atoms with Crippen molar-refractivity contribution < 1.29 is 9.53 Å². The van der Waals surface area contributed by atoms with Crippen LogP contribution in [0.1, 0.15) is 22.3 Å². The van der Waals surface area contributed by atoms with Gasteiger partial charge in [-0.3, -0.25) is 4.79 Å². The molecule has 0 unspecified atom stereocenters. The molecular formula is C20H23NO2. The molecule has 3 heteroatoms. The Morgan fingerprint density at radius 2 is 1.65 bits per heavy atom. The van der Waals surface area contributed by atoms with E-state index in [0.717, 1.165) is 11.3 Å². The van der Waals surface area contributed by atoms with Gasteiger partial charge in [-0.15, -0.1) is 0 Å². The number of nitrogens with one attached hydrogen (secondary N) is 1. The van der Waals surface area contributed by atoms with Crippen LogP contribution < -0.4 is 10.1 Å². The van der Waals surface area contributed by atoms with Crippen molar-refractivity contribution in [1.82, 2.24) is 5.32 Å².